The van der Waals surface area contributed by atoms with Crippen LogP contribution in [0.3, 0.4) is 0 Å². The first kappa shape index (κ1) is 16.3. The number of amides is 1. The standard InChI is InChI=1S/C17H17FN6O2/c1-26-13-4-2-3-9(18)14(13)17(25)23-12-8-20-24-15(12)16-21-10-5-6-19-7-11(10)22-16/h2-4,8,19H,5-7H2,1H3,(H,20,24)(H,21,22)(H,23,25). The van der Waals surface area contributed by atoms with Crippen molar-refractivity contribution in [2.75, 3.05) is 19.0 Å². The minimum absolute atomic E-state index is 0.159. The number of rotatable bonds is 4. The zero-order valence-electron chi connectivity index (χ0n) is 14.0. The lowest BCUT2D eigenvalue weighted by atomic mass is 10.1. The van der Waals surface area contributed by atoms with Crippen LogP contribution in [0.15, 0.2) is 24.4 Å². The molecule has 4 rings (SSSR count). The summed E-state index contributed by atoms with van der Waals surface area (Å²) in [6.45, 7) is 1.58. The molecule has 0 fully saturated rings. The van der Waals surface area contributed by atoms with Crippen LogP contribution in [0.2, 0.25) is 0 Å². The molecule has 3 aromatic rings. The quantitative estimate of drug-likeness (QED) is 0.571. The van der Waals surface area contributed by atoms with E-state index in [1.54, 1.807) is 0 Å². The third kappa shape index (κ3) is 2.82. The van der Waals surface area contributed by atoms with E-state index in [2.05, 4.69) is 30.8 Å². The Morgan fingerprint density at radius 2 is 2.27 bits per heavy atom. The molecule has 0 bridgehead atoms. The molecule has 0 aliphatic carbocycles. The molecule has 134 valence electrons. The van der Waals surface area contributed by atoms with Crippen LogP contribution in [0.5, 0.6) is 5.75 Å². The summed E-state index contributed by atoms with van der Waals surface area (Å²) in [6.07, 6.45) is 2.29. The highest BCUT2D eigenvalue weighted by Gasteiger charge is 2.22. The smallest absolute Gasteiger partial charge is 0.262 e. The second-order valence-electron chi connectivity index (χ2n) is 5.87. The molecule has 4 N–H and O–H groups in total. The van der Waals surface area contributed by atoms with E-state index < -0.39 is 11.7 Å². The first-order valence-electron chi connectivity index (χ1n) is 8.13. The Balaban J connectivity index is 1.64. The Kier molecular flexibility index (Phi) is 4.13. The molecule has 1 amide bonds. The molecule has 9 heteroatoms. The minimum atomic E-state index is -0.661. The van der Waals surface area contributed by atoms with Crippen molar-refractivity contribution >= 4 is 11.6 Å². The Labute approximate surface area is 148 Å². The number of fused-ring (bicyclic) bond motifs is 1. The van der Waals surface area contributed by atoms with Crippen molar-refractivity contribution < 1.29 is 13.9 Å². The number of nitrogens with one attached hydrogen (secondary N) is 4. The lowest BCUT2D eigenvalue weighted by Crippen LogP contribution is -2.23. The fraction of sp³-hybridized carbons (Fsp3) is 0.235. The zero-order valence-corrected chi connectivity index (χ0v) is 14.0. The van der Waals surface area contributed by atoms with Gasteiger partial charge in [-0.25, -0.2) is 9.37 Å². The molecule has 1 aliphatic rings. The van der Waals surface area contributed by atoms with Crippen molar-refractivity contribution in [1.82, 2.24) is 25.5 Å². The predicted molar refractivity (Wildman–Crippen MR) is 92.5 cm³/mol. The number of nitrogens with zero attached hydrogens (tertiary/aromatic N) is 2. The number of ether oxygens (including phenoxy) is 1. The minimum Gasteiger partial charge on any atom is -0.496 e. The number of hydrogen-bond donors (Lipinski definition) is 4. The van der Waals surface area contributed by atoms with E-state index in [1.165, 1.54) is 31.5 Å². The van der Waals surface area contributed by atoms with Gasteiger partial charge in [-0.05, 0) is 12.1 Å². The largest absolute Gasteiger partial charge is 0.496 e. The molecule has 0 atom stereocenters. The highest BCUT2D eigenvalue weighted by Crippen LogP contribution is 2.27. The maximum Gasteiger partial charge on any atom is 0.262 e. The molecule has 3 heterocycles. The van der Waals surface area contributed by atoms with Gasteiger partial charge >= 0.3 is 0 Å². The van der Waals surface area contributed by atoms with Crippen molar-refractivity contribution in [3.05, 3.63) is 47.2 Å². The van der Waals surface area contributed by atoms with E-state index in [0.717, 1.165) is 24.4 Å². The molecule has 0 saturated heterocycles. The van der Waals surface area contributed by atoms with Crippen LogP contribution >= 0.6 is 0 Å². The van der Waals surface area contributed by atoms with Crippen LogP contribution in [0.1, 0.15) is 21.7 Å². The molecule has 0 unspecified atom stereocenters. The van der Waals surface area contributed by atoms with Gasteiger partial charge in [0.05, 0.1) is 30.4 Å². The zero-order chi connectivity index (χ0) is 18.1. The molecular formula is C17H17FN6O2. The van der Waals surface area contributed by atoms with Gasteiger partial charge in [-0.1, -0.05) is 6.07 Å². The molecule has 0 radical (unpaired) electrons. The summed E-state index contributed by atoms with van der Waals surface area (Å²) in [5.41, 5.74) is 2.77. The van der Waals surface area contributed by atoms with Crippen LogP contribution in [0.4, 0.5) is 10.1 Å². The third-order valence-electron chi connectivity index (χ3n) is 4.25. The summed E-state index contributed by atoms with van der Waals surface area (Å²) in [5, 5.41) is 12.7. The van der Waals surface area contributed by atoms with Gasteiger partial charge in [-0.2, -0.15) is 5.10 Å². The number of benzene rings is 1. The van der Waals surface area contributed by atoms with Gasteiger partial charge in [0.15, 0.2) is 5.82 Å². The number of aromatic amines is 2. The number of H-pyrrole nitrogens is 2. The fourth-order valence-electron chi connectivity index (χ4n) is 2.98. The van der Waals surface area contributed by atoms with Gasteiger partial charge < -0.3 is 20.4 Å². The van der Waals surface area contributed by atoms with Crippen molar-refractivity contribution in [1.29, 1.82) is 0 Å². The summed E-state index contributed by atoms with van der Waals surface area (Å²) in [5.74, 6) is -0.550. The van der Waals surface area contributed by atoms with Crippen molar-refractivity contribution in [2.24, 2.45) is 0 Å². The number of anilines is 1. The van der Waals surface area contributed by atoms with Crippen LogP contribution in [-0.2, 0) is 13.0 Å². The molecule has 2 aromatic heterocycles. The molecule has 1 aliphatic heterocycles. The van der Waals surface area contributed by atoms with Crippen molar-refractivity contribution in [2.45, 2.75) is 13.0 Å². The fourth-order valence-corrected chi connectivity index (χ4v) is 2.98. The number of imidazole rings is 1. The van der Waals surface area contributed by atoms with Gasteiger partial charge in [-0.3, -0.25) is 9.89 Å². The Hall–Kier alpha value is -3.20. The van der Waals surface area contributed by atoms with Gasteiger partial charge in [-0.15, -0.1) is 0 Å². The number of methoxy groups -OCH3 is 1. The van der Waals surface area contributed by atoms with E-state index in [9.17, 15) is 9.18 Å². The summed E-state index contributed by atoms with van der Waals surface area (Å²) in [4.78, 5) is 20.4. The number of halogens is 1. The number of aromatic nitrogens is 4. The van der Waals surface area contributed by atoms with Gasteiger partial charge in [0.25, 0.3) is 5.91 Å². The van der Waals surface area contributed by atoms with E-state index in [-0.39, 0.29) is 11.3 Å². The molecule has 1 aromatic carbocycles. The number of hydrogen-bond acceptors (Lipinski definition) is 5. The summed E-state index contributed by atoms with van der Waals surface area (Å²) in [6, 6.07) is 4.22. The highest BCUT2D eigenvalue weighted by molar-refractivity contribution is 6.07. The van der Waals surface area contributed by atoms with E-state index in [1.807, 2.05) is 0 Å². The van der Waals surface area contributed by atoms with Gasteiger partial charge in [0.2, 0.25) is 0 Å². The molecular weight excluding hydrogens is 339 g/mol. The number of carbonyl (C=O) groups is 1. The van der Waals surface area contributed by atoms with Crippen molar-refractivity contribution in [3.63, 3.8) is 0 Å². The van der Waals surface area contributed by atoms with Gasteiger partial charge in [0.1, 0.15) is 22.8 Å². The van der Waals surface area contributed by atoms with Crippen LogP contribution in [0.25, 0.3) is 11.5 Å². The van der Waals surface area contributed by atoms with E-state index in [4.69, 9.17) is 4.74 Å². The highest BCUT2D eigenvalue weighted by atomic mass is 19.1. The molecule has 0 spiro atoms. The average molecular weight is 356 g/mol. The van der Waals surface area contributed by atoms with E-state index >= 15 is 0 Å². The third-order valence-corrected chi connectivity index (χ3v) is 4.25. The van der Waals surface area contributed by atoms with Crippen LogP contribution < -0.4 is 15.4 Å². The maximum atomic E-state index is 14.1. The molecule has 0 saturated carbocycles. The summed E-state index contributed by atoms with van der Waals surface area (Å²) in [7, 11) is 1.39. The first-order chi connectivity index (χ1) is 12.7. The first-order valence-corrected chi connectivity index (χ1v) is 8.13. The molecule has 26 heavy (non-hydrogen) atoms. The average Bonchev–Trinajstić information content (AvgIpc) is 3.27. The Morgan fingerprint density at radius 1 is 1.38 bits per heavy atom. The van der Waals surface area contributed by atoms with Crippen LogP contribution in [-0.4, -0.2) is 39.7 Å². The van der Waals surface area contributed by atoms with Crippen molar-refractivity contribution in [3.8, 4) is 17.3 Å². The summed E-state index contributed by atoms with van der Waals surface area (Å²) >= 11 is 0. The lowest BCUT2D eigenvalue weighted by Gasteiger charge is -2.10. The number of carbonyl (C=O) groups excluding carboxylic acids is 1. The second kappa shape index (κ2) is 6.60. The lowest BCUT2D eigenvalue weighted by molar-refractivity contribution is 0.102. The topological polar surface area (TPSA) is 108 Å². The second-order valence-corrected chi connectivity index (χ2v) is 5.87. The predicted octanol–water partition coefficient (Wildman–Crippen LogP) is 1.85. The van der Waals surface area contributed by atoms with E-state index in [0.29, 0.717) is 23.8 Å². The maximum absolute atomic E-state index is 14.1. The SMILES string of the molecule is COc1cccc(F)c1C(=O)Nc1cn[nH]c1-c1nc2c([nH]1)CNCC2. The Morgan fingerprint density at radius 3 is 3.08 bits per heavy atom. The summed E-state index contributed by atoms with van der Waals surface area (Å²) < 4.78 is 19.2. The van der Waals surface area contributed by atoms with Crippen LogP contribution in [0, 0.1) is 5.82 Å². The Bertz CT molecular complexity index is 941. The monoisotopic (exact) mass is 356 g/mol. The van der Waals surface area contributed by atoms with Gasteiger partial charge in [0, 0.05) is 19.5 Å². The normalized spacial score (nSPS) is 13.3. The molecule has 8 nitrogen and oxygen atoms in total.